The molecular formula is C12H9F3O2. The largest absolute Gasteiger partial charge is 0.423 e. The molecule has 2 nitrogen and oxygen atoms in total. The lowest BCUT2D eigenvalue weighted by Gasteiger charge is -2.09. The number of esters is 1. The molecule has 5 heteroatoms. The van der Waals surface area contributed by atoms with Crippen molar-refractivity contribution in [2.45, 2.75) is 19.8 Å². The van der Waals surface area contributed by atoms with Crippen LogP contribution < -0.4 is 4.74 Å². The highest BCUT2D eigenvalue weighted by Gasteiger charge is 2.19. The van der Waals surface area contributed by atoms with Crippen LogP contribution in [0.1, 0.15) is 18.4 Å². The van der Waals surface area contributed by atoms with E-state index in [1.54, 1.807) is 0 Å². The van der Waals surface area contributed by atoms with Crippen LogP contribution in [0.2, 0.25) is 0 Å². The zero-order valence-corrected chi connectivity index (χ0v) is 9.02. The molecule has 17 heavy (non-hydrogen) atoms. The fourth-order valence-corrected chi connectivity index (χ4v) is 1.12. The Labute approximate surface area is 96.4 Å². The van der Waals surface area contributed by atoms with E-state index in [-0.39, 0.29) is 18.4 Å². The second-order valence-corrected chi connectivity index (χ2v) is 3.29. The van der Waals surface area contributed by atoms with Crippen LogP contribution in [0.5, 0.6) is 5.75 Å². The number of carbonyl (C=O) groups is 1. The van der Waals surface area contributed by atoms with Crippen molar-refractivity contribution in [3.05, 3.63) is 29.1 Å². The summed E-state index contributed by atoms with van der Waals surface area (Å²) < 4.78 is 43.8. The molecule has 0 aliphatic heterocycles. The van der Waals surface area contributed by atoms with Gasteiger partial charge in [0, 0.05) is 18.1 Å². The first-order valence-electron chi connectivity index (χ1n) is 4.75. The molecule has 0 unspecified atom stereocenters. The Morgan fingerprint density at radius 1 is 1.41 bits per heavy atom. The summed E-state index contributed by atoms with van der Waals surface area (Å²) in [6, 6.07) is 0.392. The van der Waals surface area contributed by atoms with E-state index in [9.17, 15) is 18.0 Å². The lowest BCUT2D eigenvalue weighted by Crippen LogP contribution is -2.11. The highest BCUT2D eigenvalue weighted by molar-refractivity contribution is 5.73. The number of hydrogen-bond acceptors (Lipinski definition) is 2. The maximum atomic E-state index is 13.3. The minimum atomic E-state index is -1.41. The van der Waals surface area contributed by atoms with Gasteiger partial charge in [0.25, 0.3) is 0 Å². The molecule has 0 heterocycles. The molecular weight excluding hydrogens is 233 g/mol. The van der Waals surface area contributed by atoms with E-state index in [1.165, 1.54) is 6.92 Å². The fourth-order valence-electron chi connectivity index (χ4n) is 1.12. The Bertz CT molecular complexity index is 463. The fraction of sp³-hybridized carbons (Fsp3) is 0.250. The molecule has 1 aromatic carbocycles. The molecule has 0 aromatic heterocycles. The van der Waals surface area contributed by atoms with Gasteiger partial charge in [-0.2, -0.15) is 4.39 Å². The van der Waals surface area contributed by atoms with Crippen molar-refractivity contribution in [3.8, 4) is 18.1 Å². The molecule has 0 atom stereocenters. The van der Waals surface area contributed by atoms with Crippen molar-refractivity contribution in [1.82, 2.24) is 0 Å². The second-order valence-electron chi connectivity index (χ2n) is 3.29. The summed E-state index contributed by atoms with van der Waals surface area (Å²) in [4.78, 5) is 11.2. The summed E-state index contributed by atoms with van der Waals surface area (Å²) >= 11 is 0. The molecule has 0 saturated carbocycles. The van der Waals surface area contributed by atoms with Crippen LogP contribution in [-0.4, -0.2) is 5.97 Å². The summed E-state index contributed by atoms with van der Waals surface area (Å²) in [5.41, 5.74) is -0.266. The number of halogens is 3. The van der Waals surface area contributed by atoms with Crippen LogP contribution in [0.4, 0.5) is 13.2 Å². The lowest BCUT2D eigenvalue weighted by molar-refractivity contribution is -0.134. The minimum absolute atomic E-state index is 0.108. The number of hydrogen-bond donors (Lipinski definition) is 0. The predicted octanol–water partition coefficient (Wildman–Crippen LogP) is 2.73. The molecule has 0 saturated heterocycles. The lowest BCUT2D eigenvalue weighted by atomic mass is 10.2. The van der Waals surface area contributed by atoms with Crippen molar-refractivity contribution in [3.63, 3.8) is 0 Å². The number of ether oxygens (including phenoxy) is 1. The van der Waals surface area contributed by atoms with Gasteiger partial charge in [-0.3, -0.25) is 4.79 Å². The quantitative estimate of drug-likeness (QED) is 0.352. The molecule has 0 spiro atoms. The molecule has 1 rings (SSSR count). The van der Waals surface area contributed by atoms with Gasteiger partial charge in [0.1, 0.15) is 5.82 Å². The maximum Gasteiger partial charge on any atom is 0.312 e. The van der Waals surface area contributed by atoms with Crippen molar-refractivity contribution in [1.29, 1.82) is 0 Å². The molecule has 1 aromatic rings. The van der Waals surface area contributed by atoms with Gasteiger partial charge in [0.05, 0.1) is 6.42 Å². The van der Waals surface area contributed by atoms with Crippen molar-refractivity contribution in [2.75, 3.05) is 0 Å². The molecule has 0 N–H and O–H groups in total. The molecule has 0 aliphatic rings. The van der Waals surface area contributed by atoms with Crippen LogP contribution in [0.3, 0.4) is 0 Å². The Balaban J connectivity index is 2.99. The predicted molar refractivity (Wildman–Crippen MR) is 54.8 cm³/mol. The monoisotopic (exact) mass is 242 g/mol. The standard InChI is InChI=1S/C12H9F3O2/c1-3-4-5-10(16)17-12-7(2)8(13)6-9(14)11(12)15/h1,6H,4-5H2,2H3. The van der Waals surface area contributed by atoms with Crippen molar-refractivity contribution in [2.24, 2.45) is 0 Å². The highest BCUT2D eigenvalue weighted by atomic mass is 19.2. The Kier molecular flexibility index (Phi) is 4.16. The first-order valence-corrected chi connectivity index (χ1v) is 4.75. The van der Waals surface area contributed by atoms with Crippen molar-refractivity contribution >= 4 is 5.97 Å². The van der Waals surface area contributed by atoms with Gasteiger partial charge in [0.15, 0.2) is 11.6 Å². The minimum Gasteiger partial charge on any atom is -0.423 e. The third kappa shape index (κ3) is 3.00. The maximum absolute atomic E-state index is 13.3. The summed E-state index contributed by atoms with van der Waals surface area (Å²) in [7, 11) is 0. The van der Waals surface area contributed by atoms with Gasteiger partial charge in [-0.25, -0.2) is 8.78 Å². The van der Waals surface area contributed by atoms with Crippen LogP contribution in [-0.2, 0) is 4.79 Å². The van der Waals surface area contributed by atoms with E-state index < -0.39 is 29.2 Å². The first kappa shape index (κ1) is 13.1. The molecule has 0 aliphatic carbocycles. The van der Waals surface area contributed by atoms with E-state index in [0.29, 0.717) is 6.07 Å². The van der Waals surface area contributed by atoms with E-state index >= 15 is 0 Å². The molecule has 0 fully saturated rings. The molecule has 0 bridgehead atoms. The average molecular weight is 242 g/mol. The number of rotatable bonds is 3. The van der Waals surface area contributed by atoms with Gasteiger partial charge in [0.2, 0.25) is 5.82 Å². The van der Waals surface area contributed by atoms with Gasteiger partial charge >= 0.3 is 5.97 Å². The van der Waals surface area contributed by atoms with E-state index in [0.717, 1.165) is 0 Å². The van der Waals surface area contributed by atoms with Crippen LogP contribution >= 0.6 is 0 Å². The Morgan fingerprint density at radius 3 is 2.65 bits per heavy atom. The number of carbonyl (C=O) groups excluding carboxylic acids is 1. The van der Waals surface area contributed by atoms with E-state index in [2.05, 4.69) is 10.7 Å². The molecule has 0 amide bonds. The first-order chi connectivity index (χ1) is 7.97. The summed E-state index contributed by atoms with van der Waals surface area (Å²) in [5, 5.41) is 0. The average Bonchev–Trinajstić information content (AvgIpc) is 2.29. The van der Waals surface area contributed by atoms with E-state index in [1.807, 2.05) is 0 Å². The SMILES string of the molecule is C#CCCC(=O)Oc1c(C)c(F)cc(F)c1F. The third-order valence-corrected chi connectivity index (χ3v) is 2.05. The van der Waals surface area contributed by atoms with Gasteiger partial charge in [-0.1, -0.05) is 0 Å². The Hall–Kier alpha value is -1.96. The van der Waals surface area contributed by atoms with E-state index in [4.69, 9.17) is 6.42 Å². The summed E-state index contributed by atoms with van der Waals surface area (Å²) in [5.74, 6) is -3.16. The normalized spacial score (nSPS) is 9.82. The van der Waals surface area contributed by atoms with Crippen molar-refractivity contribution < 1.29 is 22.7 Å². The van der Waals surface area contributed by atoms with Crippen LogP contribution in [0, 0.1) is 36.7 Å². The van der Waals surface area contributed by atoms with Gasteiger partial charge in [-0.05, 0) is 6.92 Å². The topological polar surface area (TPSA) is 26.3 Å². The number of terminal acetylenes is 1. The zero-order chi connectivity index (χ0) is 13.0. The van der Waals surface area contributed by atoms with Crippen LogP contribution in [0.25, 0.3) is 0 Å². The highest BCUT2D eigenvalue weighted by Crippen LogP contribution is 2.27. The molecule has 90 valence electrons. The third-order valence-electron chi connectivity index (χ3n) is 2.05. The molecule has 0 radical (unpaired) electrons. The zero-order valence-electron chi connectivity index (χ0n) is 9.02. The summed E-state index contributed by atoms with van der Waals surface area (Å²) in [6.45, 7) is 1.18. The Morgan fingerprint density at radius 2 is 2.06 bits per heavy atom. The smallest absolute Gasteiger partial charge is 0.312 e. The summed E-state index contributed by atoms with van der Waals surface area (Å²) in [6.07, 6.45) is 4.89. The number of benzene rings is 1. The van der Waals surface area contributed by atoms with Crippen LogP contribution in [0.15, 0.2) is 6.07 Å². The van der Waals surface area contributed by atoms with Gasteiger partial charge < -0.3 is 4.74 Å². The van der Waals surface area contributed by atoms with Gasteiger partial charge in [-0.15, -0.1) is 12.3 Å². The second kappa shape index (κ2) is 5.39.